The molecule has 26 heavy (non-hydrogen) atoms. The van der Waals surface area contributed by atoms with Gasteiger partial charge in [0.1, 0.15) is 0 Å². The van der Waals surface area contributed by atoms with Gasteiger partial charge >= 0.3 is 0 Å². The number of unbranched alkanes of at least 4 members (excludes halogenated alkanes) is 8. The van der Waals surface area contributed by atoms with Crippen molar-refractivity contribution in [2.45, 2.75) is 90.9 Å². The molecule has 0 unspecified atom stereocenters. The molecular formula is C23H35N3. The average Bonchev–Trinajstić information content (AvgIpc) is 2.69. The molecule has 0 aromatic carbocycles. The smallest absolute Gasteiger partial charge is 0.160 e. The number of rotatable bonds is 13. The molecular weight excluding hydrogens is 318 g/mol. The van der Waals surface area contributed by atoms with Crippen LogP contribution in [0.2, 0.25) is 0 Å². The van der Waals surface area contributed by atoms with Gasteiger partial charge in [0.2, 0.25) is 0 Å². The number of aromatic nitrogens is 3. The topological polar surface area (TPSA) is 38.7 Å². The lowest BCUT2D eigenvalue weighted by atomic mass is 10.1. The molecule has 0 radical (unpaired) electrons. The quantitative estimate of drug-likeness (QED) is 0.382. The van der Waals surface area contributed by atoms with Gasteiger partial charge in [0.05, 0.1) is 0 Å². The molecule has 0 saturated carbocycles. The first-order valence-corrected chi connectivity index (χ1v) is 10.6. The standard InChI is InChI=1S/C23H35N3/c1-3-5-7-9-11-13-20-17-25-23(26-18-20)21-15-16-22(24-19-21)14-12-10-8-6-4-2/h15-19H,3-14H2,1-2H3. The Morgan fingerprint density at radius 2 is 1.23 bits per heavy atom. The molecule has 0 fully saturated rings. The van der Waals surface area contributed by atoms with Gasteiger partial charge in [-0.3, -0.25) is 4.98 Å². The zero-order valence-electron chi connectivity index (χ0n) is 16.7. The number of nitrogens with zero attached hydrogens (tertiary/aromatic N) is 3. The number of aryl methyl sites for hydroxylation is 2. The highest BCUT2D eigenvalue weighted by atomic mass is 14.9. The third kappa shape index (κ3) is 7.63. The molecule has 0 saturated heterocycles. The molecule has 0 aliphatic carbocycles. The van der Waals surface area contributed by atoms with Crippen molar-refractivity contribution in [3.63, 3.8) is 0 Å². The molecule has 2 aromatic heterocycles. The minimum atomic E-state index is 0.779. The Morgan fingerprint density at radius 3 is 1.81 bits per heavy atom. The van der Waals surface area contributed by atoms with E-state index in [1.807, 2.05) is 18.6 Å². The Labute approximate surface area is 159 Å². The molecule has 0 bridgehead atoms. The fourth-order valence-corrected chi connectivity index (χ4v) is 3.18. The summed E-state index contributed by atoms with van der Waals surface area (Å²) >= 11 is 0. The van der Waals surface area contributed by atoms with Crippen LogP contribution in [0.1, 0.15) is 89.3 Å². The van der Waals surface area contributed by atoms with Gasteiger partial charge in [-0.25, -0.2) is 9.97 Å². The van der Waals surface area contributed by atoms with Gasteiger partial charge in [0.25, 0.3) is 0 Å². The summed E-state index contributed by atoms with van der Waals surface area (Å²) in [5.74, 6) is 0.779. The van der Waals surface area contributed by atoms with Crippen molar-refractivity contribution in [1.29, 1.82) is 0 Å². The summed E-state index contributed by atoms with van der Waals surface area (Å²) in [6, 6.07) is 4.23. The molecule has 0 spiro atoms. The number of hydrogen-bond acceptors (Lipinski definition) is 3. The van der Waals surface area contributed by atoms with E-state index in [0.29, 0.717) is 0 Å². The Hall–Kier alpha value is -1.77. The lowest BCUT2D eigenvalue weighted by molar-refractivity contribution is 0.628. The first kappa shape index (κ1) is 20.5. The van der Waals surface area contributed by atoms with E-state index in [-0.39, 0.29) is 0 Å². The molecule has 3 heteroatoms. The molecule has 2 rings (SSSR count). The van der Waals surface area contributed by atoms with Crippen molar-refractivity contribution >= 4 is 0 Å². The van der Waals surface area contributed by atoms with Crippen LogP contribution in [0.3, 0.4) is 0 Å². The van der Waals surface area contributed by atoms with Gasteiger partial charge in [0, 0.05) is 29.8 Å². The third-order valence-corrected chi connectivity index (χ3v) is 4.89. The van der Waals surface area contributed by atoms with E-state index in [1.54, 1.807) is 0 Å². The van der Waals surface area contributed by atoms with Gasteiger partial charge in [0.15, 0.2) is 5.82 Å². The lowest BCUT2D eigenvalue weighted by Crippen LogP contribution is -1.95. The maximum Gasteiger partial charge on any atom is 0.160 e. The second-order valence-electron chi connectivity index (χ2n) is 7.28. The van der Waals surface area contributed by atoms with E-state index < -0.39 is 0 Å². The van der Waals surface area contributed by atoms with Crippen LogP contribution < -0.4 is 0 Å². The highest BCUT2D eigenvalue weighted by Crippen LogP contribution is 2.16. The van der Waals surface area contributed by atoms with Crippen molar-refractivity contribution in [3.8, 4) is 11.4 Å². The minimum Gasteiger partial charge on any atom is -0.261 e. The Balaban J connectivity index is 1.77. The van der Waals surface area contributed by atoms with Crippen molar-refractivity contribution in [1.82, 2.24) is 15.0 Å². The Morgan fingerprint density at radius 1 is 0.615 bits per heavy atom. The highest BCUT2D eigenvalue weighted by molar-refractivity contribution is 5.53. The first-order chi connectivity index (χ1) is 12.8. The van der Waals surface area contributed by atoms with Gasteiger partial charge in [-0.1, -0.05) is 65.2 Å². The van der Waals surface area contributed by atoms with Crippen molar-refractivity contribution in [2.24, 2.45) is 0 Å². The number of hydrogen-bond donors (Lipinski definition) is 0. The zero-order chi connectivity index (χ0) is 18.5. The normalized spacial score (nSPS) is 11.0. The third-order valence-electron chi connectivity index (χ3n) is 4.89. The molecule has 0 aliphatic heterocycles. The molecule has 2 heterocycles. The van der Waals surface area contributed by atoms with Crippen molar-refractivity contribution < 1.29 is 0 Å². The van der Waals surface area contributed by atoms with E-state index in [9.17, 15) is 0 Å². The van der Waals surface area contributed by atoms with Crippen LogP contribution in [0.15, 0.2) is 30.7 Å². The summed E-state index contributed by atoms with van der Waals surface area (Å²) in [6.07, 6.45) is 21.1. The summed E-state index contributed by atoms with van der Waals surface area (Å²) in [4.78, 5) is 13.7. The molecule has 142 valence electrons. The van der Waals surface area contributed by atoms with Crippen LogP contribution in [-0.4, -0.2) is 15.0 Å². The van der Waals surface area contributed by atoms with E-state index in [1.165, 1.54) is 75.5 Å². The van der Waals surface area contributed by atoms with Gasteiger partial charge in [-0.05, 0) is 43.4 Å². The summed E-state index contributed by atoms with van der Waals surface area (Å²) in [5.41, 5.74) is 3.42. The fourth-order valence-electron chi connectivity index (χ4n) is 3.18. The van der Waals surface area contributed by atoms with Crippen LogP contribution in [-0.2, 0) is 12.8 Å². The molecule has 0 N–H and O–H groups in total. The average molecular weight is 354 g/mol. The predicted molar refractivity (Wildman–Crippen MR) is 110 cm³/mol. The largest absolute Gasteiger partial charge is 0.261 e. The summed E-state index contributed by atoms with van der Waals surface area (Å²) < 4.78 is 0. The van der Waals surface area contributed by atoms with E-state index in [4.69, 9.17) is 0 Å². The fraction of sp³-hybridized carbons (Fsp3) is 0.609. The number of pyridine rings is 1. The summed E-state index contributed by atoms with van der Waals surface area (Å²) in [5, 5.41) is 0. The predicted octanol–water partition coefficient (Wildman–Crippen LogP) is 6.56. The van der Waals surface area contributed by atoms with Gasteiger partial charge in [-0.2, -0.15) is 0 Å². The lowest BCUT2D eigenvalue weighted by Gasteiger charge is -2.05. The van der Waals surface area contributed by atoms with Crippen molar-refractivity contribution in [3.05, 3.63) is 42.0 Å². The van der Waals surface area contributed by atoms with E-state index >= 15 is 0 Å². The van der Waals surface area contributed by atoms with E-state index in [2.05, 4.69) is 40.9 Å². The maximum atomic E-state index is 4.59. The van der Waals surface area contributed by atoms with Gasteiger partial charge in [-0.15, -0.1) is 0 Å². The van der Waals surface area contributed by atoms with Crippen LogP contribution in [0.5, 0.6) is 0 Å². The van der Waals surface area contributed by atoms with Crippen LogP contribution in [0.25, 0.3) is 11.4 Å². The zero-order valence-corrected chi connectivity index (χ0v) is 16.7. The summed E-state index contributed by atoms with van der Waals surface area (Å²) in [6.45, 7) is 4.50. The van der Waals surface area contributed by atoms with Gasteiger partial charge < -0.3 is 0 Å². The van der Waals surface area contributed by atoms with Crippen LogP contribution in [0.4, 0.5) is 0 Å². The highest BCUT2D eigenvalue weighted by Gasteiger charge is 2.03. The molecule has 3 nitrogen and oxygen atoms in total. The van der Waals surface area contributed by atoms with E-state index in [0.717, 1.165) is 24.2 Å². The van der Waals surface area contributed by atoms with Crippen LogP contribution in [0, 0.1) is 0 Å². The Kier molecular flexibility index (Phi) is 9.92. The SMILES string of the molecule is CCCCCCCc1cnc(-c2ccc(CCCCCCC)nc2)nc1. The monoisotopic (exact) mass is 353 g/mol. The molecule has 0 atom stereocenters. The van der Waals surface area contributed by atoms with Crippen molar-refractivity contribution in [2.75, 3.05) is 0 Å². The Bertz CT molecular complexity index is 534. The molecule has 0 aliphatic rings. The summed E-state index contributed by atoms with van der Waals surface area (Å²) in [7, 11) is 0. The first-order valence-electron chi connectivity index (χ1n) is 10.6. The minimum absolute atomic E-state index is 0.779. The molecule has 2 aromatic rings. The second kappa shape index (κ2) is 12.6. The van der Waals surface area contributed by atoms with Crippen LogP contribution >= 0.6 is 0 Å². The maximum absolute atomic E-state index is 4.59. The second-order valence-corrected chi connectivity index (χ2v) is 7.28. The molecule has 0 amide bonds.